The number of allylic oxidation sites excluding steroid dienone is 1. The lowest BCUT2D eigenvalue weighted by Crippen LogP contribution is -2.08. The largest absolute Gasteiger partial charge is 0.378 e. The Balaban J connectivity index is 1.90. The average molecular weight is 368 g/mol. The molecule has 0 saturated carbocycles. The Morgan fingerprint density at radius 2 is 1.96 bits per heavy atom. The van der Waals surface area contributed by atoms with Gasteiger partial charge in [0.25, 0.3) is 0 Å². The summed E-state index contributed by atoms with van der Waals surface area (Å²) in [6.07, 6.45) is 1.82. The molecule has 1 heterocycles. The number of aromatic nitrogens is 3. The maximum absolute atomic E-state index is 13.9. The molecule has 0 radical (unpaired) electrons. The number of hydrogen-bond donors (Lipinski definition) is 0. The lowest BCUT2D eigenvalue weighted by atomic mass is 10.2. The molecule has 3 rings (SSSR count). The van der Waals surface area contributed by atoms with Crippen LogP contribution in [0.25, 0.3) is 11.4 Å². The van der Waals surface area contributed by atoms with Crippen LogP contribution in [-0.4, -0.2) is 28.9 Å². The number of halogens is 1. The van der Waals surface area contributed by atoms with E-state index >= 15 is 0 Å². The highest BCUT2D eigenvalue weighted by Gasteiger charge is 2.15. The SMILES string of the molecule is C=CCn1c(SCc2ccccc2F)nnc1-c1cccc(N(C)C)c1. The first kappa shape index (κ1) is 18.2. The Kier molecular flexibility index (Phi) is 5.73. The molecule has 26 heavy (non-hydrogen) atoms. The summed E-state index contributed by atoms with van der Waals surface area (Å²) in [5.41, 5.74) is 2.74. The molecule has 4 nitrogen and oxygen atoms in total. The summed E-state index contributed by atoms with van der Waals surface area (Å²) in [5.74, 6) is 1.08. The maximum atomic E-state index is 13.9. The molecule has 0 amide bonds. The zero-order chi connectivity index (χ0) is 18.5. The van der Waals surface area contributed by atoms with Crippen LogP contribution in [0.1, 0.15) is 5.56 Å². The van der Waals surface area contributed by atoms with E-state index in [1.165, 1.54) is 17.8 Å². The molecule has 0 saturated heterocycles. The number of hydrogen-bond acceptors (Lipinski definition) is 4. The Morgan fingerprint density at radius 3 is 2.69 bits per heavy atom. The van der Waals surface area contributed by atoms with Crippen LogP contribution in [0.5, 0.6) is 0 Å². The van der Waals surface area contributed by atoms with Gasteiger partial charge < -0.3 is 4.90 Å². The van der Waals surface area contributed by atoms with Crippen molar-refractivity contribution in [3.63, 3.8) is 0 Å². The molecule has 0 bridgehead atoms. The van der Waals surface area contributed by atoms with E-state index in [1.807, 2.05) is 53.9 Å². The fourth-order valence-electron chi connectivity index (χ4n) is 2.58. The molecule has 0 aliphatic carbocycles. The molecule has 0 spiro atoms. The molecule has 6 heteroatoms. The summed E-state index contributed by atoms with van der Waals surface area (Å²) in [5, 5.41) is 9.44. The third-order valence-corrected chi connectivity index (χ3v) is 4.98. The lowest BCUT2D eigenvalue weighted by Gasteiger charge is -2.14. The highest BCUT2D eigenvalue weighted by Crippen LogP contribution is 2.28. The Morgan fingerprint density at radius 1 is 1.15 bits per heavy atom. The van der Waals surface area contributed by atoms with Gasteiger partial charge in [0.15, 0.2) is 11.0 Å². The molecule has 0 aliphatic heterocycles. The van der Waals surface area contributed by atoms with Crippen molar-refractivity contribution in [2.75, 3.05) is 19.0 Å². The second kappa shape index (κ2) is 8.19. The molecule has 0 fully saturated rings. The van der Waals surface area contributed by atoms with Gasteiger partial charge in [0.05, 0.1) is 0 Å². The molecule has 3 aromatic rings. The van der Waals surface area contributed by atoms with Crippen LogP contribution < -0.4 is 4.90 Å². The van der Waals surface area contributed by atoms with Crippen molar-refractivity contribution < 1.29 is 4.39 Å². The van der Waals surface area contributed by atoms with Gasteiger partial charge in [-0.3, -0.25) is 4.57 Å². The van der Waals surface area contributed by atoms with Crippen molar-refractivity contribution in [2.24, 2.45) is 0 Å². The molecule has 1 aromatic heterocycles. The molecule has 0 aliphatic rings. The number of rotatable bonds is 7. The van der Waals surface area contributed by atoms with E-state index in [0.29, 0.717) is 17.9 Å². The molecule has 2 aromatic carbocycles. The van der Waals surface area contributed by atoms with E-state index in [-0.39, 0.29) is 5.82 Å². The van der Waals surface area contributed by atoms with Crippen LogP contribution in [0.15, 0.2) is 66.3 Å². The van der Waals surface area contributed by atoms with Gasteiger partial charge in [-0.25, -0.2) is 4.39 Å². The Hall–Kier alpha value is -2.60. The second-order valence-corrected chi connectivity index (χ2v) is 6.97. The average Bonchev–Trinajstić information content (AvgIpc) is 3.04. The zero-order valence-corrected chi connectivity index (χ0v) is 15.7. The van der Waals surface area contributed by atoms with Gasteiger partial charge in [-0.1, -0.05) is 48.2 Å². The topological polar surface area (TPSA) is 34.0 Å². The van der Waals surface area contributed by atoms with Crippen molar-refractivity contribution in [3.05, 3.63) is 72.6 Å². The minimum atomic E-state index is -0.200. The zero-order valence-electron chi connectivity index (χ0n) is 14.9. The summed E-state index contributed by atoms with van der Waals surface area (Å²) >= 11 is 1.47. The predicted octanol–water partition coefficient (Wildman–Crippen LogP) is 4.63. The number of thioether (sulfide) groups is 1. The third kappa shape index (κ3) is 3.96. The van der Waals surface area contributed by atoms with Crippen LogP contribution in [0.4, 0.5) is 10.1 Å². The van der Waals surface area contributed by atoms with Gasteiger partial charge in [0, 0.05) is 37.6 Å². The van der Waals surface area contributed by atoms with E-state index in [2.05, 4.69) is 22.8 Å². The fraction of sp³-hybridized carbons (Fsp3) is 0.200. The highest BCUT2D eigenvalue weighted by atomic mass is 32.2. The van der Waals surface area contributed by atoms with E-state index in [1.54, 1.807) is 12.1 Å². The van der Waals surface area contributed by atoms with Crippen LogP contribution in [0.3, 0.4) is 0 Å². The molecular weight excluding hydrogens is 347 g/mol. The molecule has 0 N–H and O–H groups in total. The summed E-state index contributed by atoms with van der Waals surface area (Å²) in [7, 11) is 4.01. The molecule has 0 atom stereocenters. The normalized spacial score (nSPS) is 10.7. The summed E-state index contributed by atoms with van der Waals surface area (Å²) in [6.45, 7) is 4.43. The van der Waals surface area contributed by atoms with Crippen molar-refractivity contribution in [3.8, 4) is 11.4 Å². The van der Waals surface area contributed by atoms with E-state index < -0.39 is 0 Å². The van der Waals surface area contributed by atoms with Crippen molar-refractivity contribution in [2.45, 2.75) is 17.5 Å². The monoisotopic (exact) mass is 368 g/mol. The molecule has 0 unspecified atom stereocenters. The highest BCUT2D eigenvalue weighted by molar-refractivity contribution is 7.98. The van der Waals surface area contributed by atoms with Crippen molar-refractivity contribution in [1.82, 2.24) is 14.8 Å². The number of anilines is 1. The van der Waals surface area contributed by atoms with Crippen LogP contribution >= 0.6 is 11.8 Å². The minimum absolute atomic E-state index is 0.200. The second-order valence-electron chi connectivity index (χ2n) is 6.03. The lowest BCUT2D eigenvalue weighted by molar-refractivity contribution is 0.617. The summed E-state index contributed by atoms with van der Waals surface area (Å²) < 4.78 is 15.9. The van der Waals surface area contributed by atoms with Crippen LogP contribution in [-0.2, 0) is 12.3 Å². The number of nitrogens with zero attached hydrogens (tertiary/aromatic N) is 4. The van der Waals surface area contributed by atoms with E-state index in [9.17, 15) is 4.39 Å². The van der Waals surface area contributed by atoms with Crippen molar-refractivity contribution >= 4 is 17.4 Å². The number of benzene rings is 2. The van der Waals surface area contributed by atoms with Gasteiger partial charge in [-0.05, 0) is 23.8 Å². The maximum Gasteiger partial charge on any atom is 0.192 e. The fourth-order valence-corrected chi connectivity index (χ4v) is 3.52. The van der Waals surface area contributed by atoms with Gasteiger partial charge in [-0.2, -0.15) is 0 Å². The van der Waals surface area contributed by atoms with Crippen molar-refractivity contribution in [1.29, 1.82) is 0 Å². The first-order chi connectivity index (χ1) is 12.6. The first-order valence-corrected chi connectivity index (χ1v) is 9.26. The smallest absolute Gasteiger partial charge is 0.192 e. The Bertz CT molecular complexity index is 904. The van der Waals surface area contributed by atoms with E-state index in [4.69, 9.17) is 0 Å². The molecular formula is C20H21FN4S. The van der Waals surface area contributed by atoms with Crippen LogP contribution in [0, 0.1) is 5.82 Å². The summed E-state index contributed by atoms with van der Waals surface area (Å²) in [4.78, 5) is 2.05. The Labute approximate surface area is 157 Å². The van der Waals surface area contributed by atoms with Crippen LogP contribution in [0.2, 0.25) is 0 Å². The summed E-state index contributed by atoms with van der Waals surface area (Å²) in [6, 6.07) is 14.9. The third-order valence-electron chi connectivity index (χ3n) is 3.96. The first-order valence-electron chi connectivity index (χ1n) is 8.28. The van der Waals surface area contributed by atoms with Gasteiger partial charge >= 0.3 is 0 Å². The van der Waals surface area contributed by atoms with Gasteiger partial charge in [-0.15, -0.1) is 16.8 Å². The quantitative estimate of drug-likeness (QED) is 0.450. The minimum Gasteiger partial charge on any atom is -0.378 e. The van der Waals surface area contributed by atoms with E-state index in [0.717, 1.165) is 22.2 Å². The molecule has 134 valence electrons. The predicted molar refractivity (Wildman–Crippen MR) is 106 cm³/mol. The van der Waals surface area contributed by atoms with Gasteiger partial charge in [0.1, 0.15) is 5.82 Å². The standard InChI is InChI=1S/C20H21FN4S/c1-4-12-25-19(15-9-7-10-17(13-15)24(2)3)22-23-20(25)26-14-16-8-5-6-11-18(16)21/h4-11,13H,1,12,14H2,2-3H3. The van der Waals surface area contributed by atoms with Gasteiger partial charge in [0.2, 0.25) is 0 Å².